The van der Waals surface area contributed by atoms with Gasteiger partial charge < -0.3 is 9.13 Å². The van der Waals surface area contributed by atoms with Gasteiger partial charge in [0.25, 0.3) is 0 Å². The molecular formula is C94H68N2. The highest BCUT2D eigenvalue weighted by molar-refractivity contribution is 6.12. The summed E-state index contributed by atoms with van der Waals surface area (Å²) >= 11 is 0. The summed E-state index contributed by atoms with van der Waals surface area (Å²) < 4.78 is 4.83. The van der Waals surface area contributed by atoms with Gasteiger partial charge in [0.05, 0.1) is 22.1 Å². The topological polar surface area (TPSA) is 9.86 Å². The number of nitrogens with zero attached hydrogens (tertiary/aromatic N) is 2. The van der Waals surface area contributed by atoms with Crippen LogP contribution < -0.4 is 0 Å². The third-order valence-electron chi connectivity index (χ3n) is 22.8. The van der Waals surface area contributed by atoms with Crippen LogP contribution in [0.3, 0.4) is 0 Å². The first-order valence-corrected chi connectivity index (χ1v) is 34.7. The molecule has 0 saturated heterocycles. The van der Waals surface area contributed by atoms with Crippen molar-refractivity contribution >= 4 is 89.5 Å². The Kier molecular flexibility index (Phi) is 12.4. The zero-order valence-electron chi connectivity index (χ0n) is 53.6. The first-order valence-electron chi connectivity index (χ1n) is 34.7. The van der Waals surface area contributed by atoms with E-state index >= 15 is 0 Å². The van der Waals surface area contributed by atoms with Gasteiger partial charge in [-0.25, -0.2) is 0 Å². The average molecular weight is 1230 g/mol. The molecule has 0 N–H and O–H groups in total. The Balaban J connectivity index is 0.547. The highest BCUT2D eigenvalue weighted by Crippen LogP contribution is 2.60. The van der Waals surface area contributed by atoms with Crippen LogP contribution in [0.15, 0.2) is 291 Å². The molecule has 0 unspecified atom stereocenters. The molecular weight excluding hydrogens is 1160 g/mol. The van der Waals surface area contributed by atoms with E-state index in [9.17, 15) is 0 Å². The minimum atomic E-state index is 0.0406. The fraction of sp³-hybridized carbons (Fsp3) is 0.106. The number of hydrogen-bond donors (Lipinski definition) is 0. The third-order valence-corrected chi connectivity index (χ3v) is 22.8. The van der Waals surface area contributed by atoms with E-state index in [4.69, 9.17) is 0 Å². The molecule has 2 aromatic heterocycles. The summed E-state index contributed by atoms with van der Waals surface area (Å²) in [6, 6.07) is 110. The molecule has 2 fully saturated rings. The van der Waals surface area contributed by atoms with Gasteiger partial charge in [-0.3, -0.25) is 0 Å². The molecule has 0 amide bonds. The predicted molar refractivity (Wildman–Crippen MR) is 407 cm³/mol. The lowest BCUT2D eigenvalue weighted by molar-refractivity contribution is 0.549. The number of aromatic nitrogens is 2. The van der Waals surface area contributed by atoms with Gasteiger partial charge in [-0.05, 0) is 220 Å². The normalized spacial score (nSPS) is 15.0. The highest BCUT2D eigenvalue weighted by Gasteiger charge is 2.47. The minimum absolute atomic E-state index is 0.0406. The fourth-order valence-electron chi connectivity index (χ4n) is 18.1. The average Bonchev–Trinajstić information content (AvgIpc) is 1.56. The van der Waals surface area contributed by atoms with E-state index in [-0.39, 0.29) is 10.8 Å². The molecule has 20 rings (SSSR count). The van der Waals surface area contributed by atoms with Crippen LogP contribution in [0.1, 0.15) is 95.9 Å². The van der Waals surface area contributed by atoms with Crippen LogP contribution in [0.25, 0.3) is 156 Å². The van der Waals surface area contributed by atoms with Gasteiger partial charge in [0.1, 0.15) is 0 Å². The molecule has 4 aliphatic carbocycles. The first kappa shape index (κ1) is 55.2. The lowest BCUT2D eigenvalue weighted by Gasteiger charge is -2.28. The molecule has 4 aliphatic rings. The quantitative estimate of drug-likeness (QED) is 0.128. The van der Waals surface area contributed by atoms with Crippen LogP contribution in [0.4, 0.5) is 0 Å². The molecule has 454 valence electrons. The summed E-state index contributed by atoms with van der Waals surface area (Å²) in [6.07, 6.45) is 19.1. The van der Waals surface area contributed by atoms with Gasteiger partial charge in [-0.2, -0.15) is 0 Å². The van der Waals surface area contributed by atoms with Crippen molar-refractivity contribution in [3.8, 4) is 67.0 Å². The number of para-hydroxylation sites is 2. The number of fused-ring (bicyclic) bond motifs is 18. The maximum atomic E-state index is 2.60. The Morgan fingerprint density at radius 3 is 0.990 bits per heavy atom. The number of benzene rings is 14. The first-order chi connectivity index (χ1) is 47.5. The Hall–Kier alpha value is -11.3. The molecule has 2 heteroatoms. The fourth-order valence-corrected chi connectivity index (χ4v) is 18.1. The zero-order chi connectivity index (χ0) is 63.1. The Morgan fingerprint density at radius 2 is 0.552 bits per heavy atom. The maximum Gasteiger partial charge on any atom is 0.0541 e. The monoisotopic (exact) mass is 1220 g/mol. The molecule has 0 bridgehead atoms. The van der Waals surface area contributed by atoms with E-state index in [1.165, 1.54) is 228 Å². The third kappa shape index (κ3) is 8.64. The second-order valence-corrected chi connectivity index (χ2v) is 27.9. The van der Waals surface area contributed by atoms with Crippen molar-refractivity contribution in [2.24, 2.45) is 0 Å². The van der Waals surface area contributed by atoms with Gasteiger partial charge in [0, 0.05) is 43.7 Å². The Bertz CT molecular complexity index is 5580. The van der Waals surface area contributed by atoms with Crippen LogP contribution in [0.5, 0.6) is 0 Å². The molecule has 0 aliphatic heterocycles. The van der Waals surface area contributed by atoms with Crippen molar-refractivity contribution in [1.82, 2.24) is 9.13 Å². The summed E-state index contributed by atoms with van der Waals surface area (Å²) in [4.78, 5) is 0. The number of rotatable bonds is 9. The maximum absolute atomic E-state index is 2.60. The Labute approximate surface area is 560 Å². The molecule has 2 nitrogen and oxygen atoms in total. The van der Waals surface area contributed by atoms with Gasteiger partial charge in [0.2, 0.25) is 0 Å². The van der Waals surface area contributed by atoms with E-state index in [0.717, 1.165) is 0 Å². The van der Waals surface area contributed by atoms with Crippen LogP contribution >= 0.6 is 0 Å². The second kappa shape index (κ2) is 21.6. The lowest BCUT2D eigenvalue weighted by Crippen LogP contribution is -2.21. The smallest absolute Gasteiger partial charge is 0.0541 e. The summed E-state index contributed by atoms with van der Waals surface area (Å²) in [7, 11) is 0. The van der Waals surface area contributed by atoms with Gasteiger partial charge in [0.15, 0.2) is 0 Å². The molecule has 0 atom stereocenters. The van der Waals surface area contributed by atoms with Crippen molar-refractivity contribution in [1.29, 1.82) is 0 Å². The molecule has 0 radical (unpaired) electrons. The molecule has 14 aromatic carbocycles. The highest BCUT2D eigenvalue weighted by atomic mass is 15.0. The second-order valence-electron chi connectivity index (χ2n) is 27.9. The molecule has 16 aromatic rings. The van der Waals surface area contributed by atoms with Gasteiger partial charge >= 0.3 is 0 Å². The van der Waals surface area contributed by atoms with Crippen LogP contribution in [-0.2, 0) is 10.8 Å². The molecule has 2 heterocycles. The SMILES string of the molecule is C(=Cc1ccc2c(c1)C1(CCCC1)c1cc(-c3ccc4c(c3)C3(CCCC3)c3cc(C=Cc5ccc(-c6ccc7c(c6)c6ccccc6n7-c6ccc7ccccc7c6)cc5)ccc3-4)ccc1-2)c1ccc(-c2ccc3c(c2)c2ccccc2n3-c2ccc3ccccc3c2)cc1. The van der Waals surface area contributed by atoms with Crippen LogP contribution in [0.2, 0.25) is 0 Å². The van der Waals surface area contributed by atoms with Crippen LogP contribution in [-0.4, -0.2) is 9.13 Å². The standard InChI is InChI=1S/C94H68N2/c1-3-15-69-55-75(41-35-65(69)13-1)95-89-19-7-5-17-81(89)83-57-71(39-47-91(83)95)67-31-25-61(26-32-67)21-23-63-29-43-77-79-45-37-73(59-87(79)93(85(77)53-63)49-9-10-50-93)74-38-46-80-78-44-30-64(54-86(78)94(88(80)60-74)51-11-12-52-94)24-22-62-27-33-68(34-28-62)72-40-48-92-84(58-72)82-18-6-8-20-90(82)96(92)76-42-36-66-14-2-4-16-70(66)56-76/h1-8,13-48,53-60H,9-12,49-52H2. The van der Waals surface area contributed by atoms with Gasteiger partial charge in [-0.15, -0.1) is 0 Å². The predicted octanol–water partition coefficient (Wildman–Crippen LogP) is 25.2. The van der Waals surface area contributed by atoms with Crippen molar-refractivity contribution in [3.63, 3.8) is 0 Å². The van der Waals surface area contributed by atoms with Crippen molar-refractivity contribution in [2.45, 2.75) is 62.2 Å². The van der Waals surface area contributed by atoms with E-state index in [1.54, 1.807) is 0 Å². The Morgan fingerprint density at radius 1 is 0.229 bits per heavy atom. The zero-order valence-corrected chi connectivity index (χ0v) is 53.6. The number of hydrogen-bond acceptors (Lipinski definition) is 0. The van der Waals surface area contributed by atoms with E-state index in [0.29, 0.717) is 0 Å². The minimum Gasteiger partial charge on any atom is -0.309 e. The molecule has 2 spiro atoms. The van der Waals surface area contributed by atoms with E-state index in [1.807, 2.05) is 0 Å². The summed E-state index contributed by atoms with van der Waals surface area (Å²) in [6.45, 7) is 0. The molecule has 2 saturated carbocycles. The van der Waals surface area contributed by atoms with Crippen LogP contribution in [0, 0.1) is 0 Å². The van der Waals surface area contributed by atoms with Crippen molar-refractivity contribution < 1.29 is 0 Å². The van der Waals surface area contributed by atoms with E-state index < -0.39 is 0 Å². The lowest BCUT2D eigenvalue weighted by atomic mass is 9.75. The molecule has 96 heavy (non-hydrogen) atoms. The summed E-state index contributed by atoms with van der Waals surface area (Å²) in [5.74, 6) is 0. The van der Waals surface area contributed by atoms with Crippen molar-refractivity contribution in [3.05, 3.63) is 336 Å². The largest absolute Gasteiger partial charge is 0.309 e. The summed E-state index contributed by atoms with van der Waals surface area (Å²) in [5, 5.41) is 10.1. The van der Waals surface area contributed by atoms with E-state index in [2.05, 4.69) is 325 Å². The van der Waals surface area contributed by atoms with Gasteiger partial charge in [-0.1, -0.05) is 268 Å². The summed E-state index contributed by atoms with van der Waals surface area (Å²) in [5.41, 5.74) is 31.6. The van der Waals surface area contributed by atoms with Crippen molar-refractivity contribution in [2.75, 3.05) is 0 Å².